The molecule has 11 heavy (non-hydrogen) atoms. The van der Waals surface area contributed by atoms with Gasteiger partial charge in [0.1, 0.15) is 0 Å². The Morgan fingerprint density at radius 1 is 1.64 bits per heavy atom. The maximum atomic E-state index is 5.40. The Balaban J connectivity index is 2.66. The number of aromatic nitrogens is 2. The molecule has 3 nitrogen and oxygen atoms in total. The van der Waals surface area contributed by atoms with Crippen LogP contribution in [0.1, 0.15) is 25.6 Å². The molecule has 2 N–H and O–H groups in total. The molecule has 0 aromatic carbocycles. The second-order valence-electron chi connectivity index (χ2n) is 2.92. The van der Waals surface area contributed by atoms with E-state index in [-0.39, 0.29) is 0 Å². The summed E-state index contributed by atoms with van der Waals surface area (Å²) in [6, 6.07) is 2.47. The van der Waals surface area contributed by atoms with Gasteiger partial charge in [-0.2, -0.15) is 5.10 Å². The molecule has 0 atom stereocenters. The number of hydrogen-bond acceptors (Lipinski definition) is 2. The second-order valence-corrected chi connectivity index (χ2v) is 2.92. The van der Waals surface area contributed by atoms with Crippen molar-refractivity contribution in [3.63, 3.8) is 0 Å². The molecule has 62 valence electrons. The second kappa shape index (κ2) is 3.53. The Morgan fingerprint density at radius 2 is 2.36 bits per heavy atom. The van der Waals surface area contributed by atoms with Crippen molar-refractivity contribution in [2.45, 2.75) is 26.3 Å². The SMILES string of the molecule is CC(C)n1ccc(CCN)n1. The van der Waals surface area contributed by atoms with E-state index in [2.05, 4.69) is 18.9 Å². The van der Waals surface area contributed by atoms with Gasteiger partial charge in [0.25, 0.3) is 0 Å². The summed E-state index contributed by atoms with van der Waals surface area (Å²) in [6.07, 6.45) is 2.87. The first-order chi connectivity index (χ1) is 5.24. The molecule has 0 aliphatic rings. The Morgan fingerprint density at radius 3 is 2.82 bits per heavy atom. The van der Waals surface area contributed by atoms with Gasteiger partial charge in [0.2, 0.25) is 0 Å². The average Bonchev–Trinajstić information content (AvgIpc) is 2.37. The van der Waals surface area contributed by atoms with Gasteiger partial charge in [-0.3, -0.25) is 4.68 Å². The molecule has 0 aliphatic carbocycles. The minimum atomic E-state index is 0.446. The molecule has 0 spiro atoms. The van der Waals surface area contributed by atoms with Gasteiger partial charge in [-0.05, 0) is 26.5 Å². The zero-order chi connectivity index (χ0) is 8.27. The third-order valence-corrected chi connectivity index (χ3v) is 1.59. The summed E-state index contributed by atoms with van der Waals surface area (Å²) >= 11 is 0. The smallest absolute Gasteiger partial charge is 0.0637 e. The van der Waals surface area contributed by atoms with Crippen molar-refractivity contribution in [1.82, 2.24) is 9.78 Å². The molecule has 0 saturated carbocycles. The van der Waals surface area contributed by atoms with Crippen LogP contribution in [0, 0.1) is 0 Å². The van der Waals surface area contributed by atoms with Crippen molar-refractivity contribution in [3.05, 3.63) is 18.0 Å². The summed E-state index contributed by atoms with van der Waals surface area (Å²) in [6.45, 7) is 4.90. The molecule has 0 saturated heterocycles. The van der Waals surface area contributed by atoms with Crippen LogP contribution in [-0.4, -0.2) is 16.3 Å². The molecule has 1 aromatic heterocycles. The van der Waals surface area contributed by atoms with Crippen LogP contribution in [0.4, 0.5) is 0 Å². The first kappa shape index (κ1) is 8.27. The van der Waals surface area contributed by atoms with E-state index in [1.807, 2.05) is 16.9 Å². The predicted molar refractivity (Wildman–Crippen MR) is 45.4 cm³/mol. The highest BCUT2D eigenvalue weighted by Gasteiger charge is 1.99. The molecule has 1 heterocycles. The summed E-state index contributed by atoms with van der Waals surface area (Å²) in [5, 5.41) is 4.34. The highest BCUT2D eigenvalue weighted by Crippen LogP contribution is 2.03. The van der Waals surface area contributed by atoms with Crippen LogP contribution in [0.3, 0.4) is 0 Å². The third kappa shape index (κ3) is 2.05. The third-order valence-electron chi connectivity index (χ3n) is 1.59. The number of nitrogens with zero attached hydrogens (tertiary/aromatic N) is 2. The summed E-state index contributed by atoms with van der Waals surface area (Å²) in [5.41, 5.74) is 6.48. The molecular weight excluding hydrogens is 138 g/mol. The molecule has 0 unspecified atom stereocenters. The van der Waals surface area contributed by atoms with Crippen molar-refractivity contribution in [1.29, 1.82) is 0 Å². The van der Waals surface area contributed by atoms with Crippen LogP contribution in [0.25, 0.3) is 0 Å². The van der Waals surface area contributed by atoms with E-state index in [1.54, 1.807) is 0 Å². The van der Waals surface area contributed by atoms with E-state index < -0.39 is 0 Å². The lowest BCUT2D eigenvalue weighted by Crippen LogP contribution is -2.05. The minimum Gasteiger partial charge on any atom is -0.330 e. The molecule has 0 bridgehead atoms. The van der Waals surface area contributed by atoms with Gasteiger partial charge >= 0.3 is 0 Å². The van der Waals surface area contributed by atoms with Crippen molar-refractivity contribution < 1.29 is 0 Å². The van der Waals surface area contributed by atoms with Gasteiger partial charge in [-0.1, -0.05) is 0 Å². The molecule has 0 amide bonds. The van der Waals surface area contributed by atoms with Crippen molar-refractivity contribution in [2.75, 3.05) is 6.54 Å². The van der Waals surface area contributed by atoms with Gasteiger partial charge in [0, 0.05) is 18.7 Å². The van der Waals surface area contributed by atoms with Gasteiger partial charge in [0.05, 0.1) is 5.69 Å². The molecule has 1 aromatic rings. The average molecular weight is 153 g/mol. The fourth-order valence-electron chi connectivity index (χ4n) is 0.946. The van der Waals surface area contributed by atoms with Crippen molar-refractivity contribution in [2.24, 2.45) is 5.73 Å². The molecular formula is C8H15N3. The zero-order valence-corrected chi connectivity index (χ0v) is 7.12. The van der Waals surface area contributed by atoms with Crippen LogP contribution in [0.15, 0.2) is 12.3 Å². The number of hydrogen-bond donors (Lipinski definition) is 1. The van der Waals surface area contributed by atoms with Gasteiger partial charge in [-0.25, -0.2) is 0 Å². The van der Waals surface area contributed by atoms with Crippen molar-refractivity contribution in [3.8, 4) is 0 Å². The van der Waals surface area contributed by atoms with Crippen LogP contribution in [-0.2, 0) is 6.42 Å². The van der Waals surface area contributed by atoms with Crippen molar-refractivity contribution >= 4 is 0 Å². The fraction of sp³-hybridized carbons (Fsp3) is 0.625. The van der Waals surface area contributed by atoms with E-state index in [1.165, 1.54) is 0 Å². The summed E-state index contributed by atoms with van der Waals surface area (Å²) in [7, 11) is 0. The summed E-state index contributed by atoms with van der Waals surface area (Å²) in [5.74, 6) is 0. The minimum absolute atomic E-state index is 0.446. The monoisotopic (exact) mass is 153 g/mol. The summed E-state index contributed by atoms with van der Waals surface area (Å²) in [4.78, 5) is 0. The lowest BCUT2D eigenvalue weighted by atomic mass is 10.3. The first-order valence-electron chi connectivity index (χ1n) is 3.98. The molecule has 0 aliphatic heterocycles. The van der Waals surface area contributed by atoms with E-state index in [0.717, 1.165) is 12.1 Å². The maximum absolute atomic E-state index is 5.40. The van der Waals surface area contributed by atoms with Crippen LogP contribution in [0.5, 0.6) is 0 Å². The molecule has 0 radical (unpaired) electrons. The lowest BCUT2D eigenvalue weighted by Gasteiger charge is -2.03. The van der Waals surface area contributed by atoms with Gasteiger partial charge in [-0.15, -0.1) is 0 Å². The number of rotatable bonds is 3. The Labute approximate surface area is 67.2 Å². The predicted octanol–water partition coefficient (Wildman–Crippen LogP) is 0.965. The number of nitrogens with two attached hydrogens (primary N) is 1. The van der Waals surface area contributed by atoms with E-state index >= 15 is 0 Å². The molecule has 1 rings (SSSR count). The quantitative estimate of drug-likeness (QED) is 0.703. The van der Waals surface area contributed by atoms with Crippen LogP contribution >= 0.6 is 0 Å². The fourth-order valence-corrected chi connectivity index (χ4v) is 0.946. The Bertz CT molecular complexity index is 215. The van der Waals surface area contributed by atoms with E-state index in [4.69, 9.17) is 5.73 Å². The normalized spacial score (nSPS) is 10.9. The Hall–Kier alpha value is -0.830. The first-order valence-corrected chi connectivity index (χ1v) is 3.98. The van der Waals surface area contributed by atoms with E-state index in [0.29, 0.717) is 12.6 Å². The van der Waals surface area contributed by atoms with Crippen LogP contribution in [0.2, 0.25) is 0 Å². The van der Waals surface area contributed by atoms with Crippen LogP contribution < -0.4 is 5.73 Å². The molecule has 3 heteroatoms. The maximum Gasteiger partial charge on any atom is 0.0637 e. The summed E-state index contributed by atoms with van der Waals surface area (Å²) < 4.78 is 1.95. The lowest BCUT2D eigenvalue weighted by molar-refractivity contribution is 0.526. The van der Waals surface area contributed by atoms with Gasteiger partial charge in [0.15, 0.2) is 0 Å². The molecule has 0 fully saturated rings. The largest absolute Gasteiger partial charge is 0.330 e. The van der Waals surface area contributed by atoms with E-state index in [9.17, 15) is 0 Å². The highest BCUT2D eigenvalue weighted by molar-refractivity contribution is 4.99. The standard InChI is InChI=1S/C8H15N3/c1-7(2)11-6-4-8(10-11)3-5-9/h4,6-7H,3,5,9H2,1-2H3. The zero-order valence-electron chi connectivity index (χ0n) is 7.12. The topological polar surface area (TPSA) is 43.8 Å². The highest BCUT2D eigenvalue weighted by atomic mass is 15.3. The van der Waals surface area contributed by atoms with Gasteiger partial charge < -0.3 is 5.73 Å². The Kier molecular flexibility index (Phi) is 2.65.